The van der Waals surface area contributed by atoms with E-state index in [-0.39, 0.29) is 10.2 Å². The van der Waals surface area contributed by atoms with E-state index >= 15 is 0 Å². The molecule has 0 aromatic carbocycles. The molecule has 1 spiro atoms. The second-order valence-electron chi connectivity index (χ2n) is 6.96. The number of hydrogen-bond donors (Lipinski definition) is 2. The molecule has 3 atom stereocenters. The zero-order chi connectivity index (χ0) is 14.1. The predicted molar refractivity (Wildman–Crippen MR) is 79.4 cm³/mol. The van der Waals surface area contributed by atoms with Crippen molar-refractivity contribution in [3.63, 3.8) is 0 Å². The molecule has 19 heavy (non-hydrogen) atoms. The molecule has 0 aromatic rings. The van der Waals surface area contributed by atoms with E-state index in [1.165, 1.54) is 0 Å². The smallest absolute Gasteiger partial charge is 0.0972 e. The Hall–Kier alpha value is 0.0300. The number of ether oxygens (including phenoxy) is 1. The maximum atomic E-state index is 12.4. The first-order valence-corrected chi connectivity index (χ1v) is 8.44. The maximum Gasteiger partial charge on any atom is 0.0972 e. The van der Waals surface area contributed by atoms with Crippen molar-refractivity contribution < 1.29 is 8.95 Å². The van der Waals surface area contributed by atoms with E-state index in [4.69, 9.17) is 4.74 Å². The summed E-state index contributed by atoms with van der Waals surface area (Å²) in [4.78, 5) is 0. The Balaban J connectivity index is 2.09. The van der Waals surface area contributed by atoms with Crippen LogP contribution in [0.15, 0.2) is 0 Å². The molecule has 1 saturated carbocycles. The molecular formula is C14H28N2O2S. The van der Waals surface area contributed by atoms with Gasteiger partial charge >= 0.3 is 0 Å². The van der Waals surface area contributed by atoms with Crippen molar-refractivity contribution in [2.75, 3.05) is 20.2 Å². The highest BCUT2D eigenvalue weighted by molar-refractivity contribution is 7.84. The minimum atomic E-state index is -0.998. The van der Waals surface area contributed by atoms with E-state index in [1.807, 2.05) is 20.8 Å². The second kappa shape index (κ2) is 5.80. The molecule has 1 aliphatic carbocycles. The fourth-order valence-electron chi connectivity index (χ4n) is 3.33. The molecule has 1 saturated heterocycles. The van der Waals surface area contributed by atoms with Gasteiger partial charge in [-0.25, -0.2) is 8.93 Å². The summed E-state index contributed by atoms with van der Waals surface area (Å²) in [5, 5.41) is 3.43. The molecule has 5 heteroatoms. The van der Waals surface area contributed by atoms with E-state index in [9.17, 15) is 4.21 Å². The Morgan fingerprint density at radius 2 is 1.95 bits per heavy atom. The average Bonchev–Trinajstić information content (AvgIpc) is 2.67. The lowest BCUT2D eigenvalue weighted by molar-refractivity contribution is 0.0870. The van der Waals surface area contributed by atoms with Gasteiger partial charge in [0.05, 0.1) is 21.8 Å². The van der Waals surface area contributed by atoms with Gasteiger partial charge in [-0.2, -0.15) is 0 Å². The zero-order valence-corrected chi connectivity index (χ0v) is 13.4. The quantitative estimate of drug-likeness (QED) is 0.829. The first kappa shape index (κ1) is 15.4. The summed E-state index contributed by atoms with van der Waals surface area (Å²) in [5.41, 5.74) is 0.271. The number of methoxy groups -OCH3 is 1. The molecule has 0 unspecified atom stereocenters. The fourth-order valence-corrected chi connectivity index (χ4v) is 4.29. The summed E-state index contributed by atoms with van der Waals surface area (Å²) in [5.74, 6) is 0. The lowest BCUT2D eigenvalue weighted by Crippen LogP contribution is -2.50. The molecule has 1 aliphatic heterocycles. The van der Waals surface area contributed by atoms with Crippen LogP contribution in [0.25, 0.3) is 0 Å². The van der Waals surface area contributed by atoms with Gasteiger partial charge < -0.3 is 10.1 Å². The third kappa shape index (κ3) is 3.38. The molecule has 0 bridgehead atoms. The molecule has 2 N–H and O–H groups in total. The minimum Gasteiger partial charge on any atom is -0.381 e. The Morgan fingerprint density at radius 3 is 2.47 bits per heavy atom. The van der Waals surface area contributed by atoms with Crippen LogP contribution in [0.3, 0.4) is 0 Å². The Kier molecular flexibility index (Phi) is 4.71. The van der Waals surface area contributed by atoms with Gasteiger partial charge in [0.2, 0.25) is 0 Å². The molecule has 2 fully saturated rings. The van der Waals surface area contributed by atoms with Gasteiger partial charge in [-0.1, -0.05) is 0 Å². The highest BCUT2D eigenvalue weighted by Gasteiger charge is 2.48. The fraction of sp³-hybridized carbons (Fsp3) is 1.00. The largest absolute Gasteiger partial charge is 0.381 e. The normalized spacial score (nSPS) is 32.6. The van der Waals surface area contributed by atoms with Crippen molar-refractivity contribution in [1.82, 2.24) is 10.0 Å². The van der Waals surface area contributed by atoms with Crippen molar-refractivity contribution in [3.8, 4) is 0 Å². The SMILES string of the molecule is CO[C@@H]1C[C@@H](N[S@](=O)C(C)(C)C)C2(CCNCC2)C1. The van der Waals surface area contributed by atoms with Crippen LogP contribution in [0, 0.1) is 5.41 Å². The molecule has 0 aromatic heterocycles. The van der Waals surface area contributed by atoms with Crippen molar-refractivity contribution in [2.24, 2.45) is 5.41 Å². The lowest BCUT2D eigenvalue weighted by atomic mass is 9.75. The molecule has 2 aliphatic rings. The number of rotatable bonds is 3. The molecule has 4 nitrogen and oxygen atoms in total. The number of nitrogens with one attached hydrogen (secondary N) is 2. The molecule has 2 rings (SSSR count). The maximum absolute atomic E-state index is 12.4. The van der Waals surface area contributed by atoms with Gasteiger partial charge in [-0.3, -0.25) is 0 Å². The van der Waals surface area contributed by atoms with Gasteiger partial charge in [0, 0.05) is 13.2 Å². The summed E-state index contributed by atoms with van der Waals surface area (Å²) in [7, 11) is 0.796. The van der Waals surface area contributed by atoms with Crippen LogP contribution in [0.2, 0.25) is 0 Å². The van der Waals surface area contributed by atoms with E-state index < -0.39 is 11.0 Å². The molecular weight excluding hydrogens is 260 g/mol. The van der Waals surface area contributed by atoms with Crippen molar-refractivity contribution in [3.05, 3.63) is 0 Å². The van der Waals surface area contributed by atoms with Crippen LogP contribution in [-0.4, -0.2) is 41.3 Å². The molecule has 1 heterocycles. The number of hydrogen-bond acceptors (Lipinski definition) is 3. The van der Waals surface area contributed by atoms with Crippen molar-refractivity contribution >= 4 is 11.0 Å². The van der Waals surface area contributed by atoms with Crippen LogP contribution in [0.5, 0.6) is 0 Å². The Bertz CT molecular complexity index is 335. The summed E-state index contributed by atoms with van der Waals surface area (Å²) in [6.07, 6.45) is 4.72. The van der Waals surface area contributed by atoms with Gasteiger partial charge in [0.15, 0.2) is 0 Å². The standard InChI is InChI=1S/C14H28N2O2S/c1-13(2,3)19(17)16-12-9-11(18-4)10-14(12)5-7-15-8-6-14/h11-12,15-16H,5-10H2,1-4H3/t11-,12-,19-/m1/s1. The van der Waals surface area contributed by atoms with Crippen LogP contribution >= 0.6 is 0 Å². The van der Waals surface area contributed by atoms with E-state index in [0.29, 0.717) is 12.1 Å². The summed E-state index contributed by atoms with van der Waals surface area (Å²) in [6.45, 7) is 8.20. The first-order chi connectivity index (χ1) is 8.87. The zero-order valence-electron chi connectivity index (χ0n) is 12.6. The van der Waals surface area contributed by atoms with Crippen LogP contribution in [0.4, 0.5) is 0 Å². The third-order valence-electron chi connectivity index (χ3n) is 4.61. The molecule has 112 valence electrons. The van der Waals surface area contributed by atoms with Crippen molar-refractivity contribution in [2.45, 2.75) is 63.3 Å². The number of piperidine rings is 1. The van der Waals surface area contributed by atoms with Crippen LogP contribution in [0.1, 0.15) is 46.5 Å². The van der Waals surface area contributed by atoms with E-state index in [2.05, 4.69) is 10.0 Å². The van der Waals surface area contributed by atoms with Gasteiger partial charge in [0.25, 0.3) is 0 Å². The van der Waals surface area contributed by atoms with Crippen LogP contribution < -0.4 is 10.0 Å². The average molecular weight is 288 g/mol. The van der Waals surface area contributed by atoms with Crippen molar-refractivity contribution in [1.29, 1.82) is 0 Å². The van der Waals surface area contributed by atoms with E-state index in [0.717, 1.165) is 38.8 Å². The monoisotopic (exact) mass is 288 g/mol. The minimum absolute atomic E-state index is 0.209. The predicted octanol–water partition coefficient (Wildman–Crippen LogP) is 1.59. The highest BCUT2D eigenvalue weighted by Crippen LogP contribution is 2.46. The Morgan fingerprint density at radius 1 is 1.32 bits per heavy atom. The summed E-state index contributed by atoms with van der Waals surface area (Å²) in [6, 6.07) is 0.319. The third-order valence-corrected chi connectivity index (χ3v) is 6.22. The van der Waals surface area contributed by atoms with Gasteiger partial charge in [-0.05, 0) is 65.0 Å². The van der Waals surface area contributed by atoms with E-state index in [1.54, 1.807) is 7.11 Å². The second-order valence-corrected chi connectivity index (χ2v) is 8.96. The topological polar surface area (TPSA) is 50.4 Å². The summed E-state index contributed by atoms with van der Waals surface area (Å²) >= 11 is 0. The van der Waals surface area contributed by atoms with Gasteiger partial charge in [0.1, 0.15) is 0 Å². The van der Waals surface area contributed by atoms with Crippen LogP contribution in [-0.2, 0) is 15.7 Å². The molecule has 0 amide bonds. The summed E-state index contributed by atoms with van der Waals surface area (Å²) < 4.78 is 21.2. The lowest BCUT2D eigenvalue weighted by Gasteiger charge is -2.40. The first-order valence-electron chi connectivity index (χ1n) is 7.29. The molecule has 0 radical (unpaired) electrons. The highest BCUT2D eigenvalue weighted by atomic mass is 32.2. The van der Waals surface area contributed by atoms with Gasteiger partial charge in [-0.15, -0.1) is 0 Å². The Labute approximate surface area is 119 Å².